The zero-order valence-corrected chi connectivity index (χ0v) is 19.2. The number of hydrogen-bond donors (Lipinski definition) is 1. The third-order valence-corrected chi connectivity index (χ3v) is 7.27. The number of amides is 1. The van der Waals surface area contributed by atoms with Gasteiger partial charge in [0.25, 0.3) is 5.56 Å². The molecule has 8 nitrogen and oxygen atoms in total. The van der Waals surface area contributed by atoms with Gasteiger partial charge in [0.1, 0.15) is 0 Å². The molecule has 1 aliphatic carbocycles. The van der Waals surface area contributed by atoms with Gasteiger partial charge in [-0.25, -0.2) is 0 Å². The van der Waals surface area contributed by atoms with Crippen LogP contribution in [0.15, 0.2) is 35.1 Å². The van der Waals surface area contributed by atoms with E-state index in [1.165, 1.54) is 0 Å². The first-order chi connectivity index (χ1) is 16.6. The molecular formula is C26H26N2O6. The van der Waals surface area contributed by atoms with Gasteiger partial charge in [0, 0.05) is 29.5 Å². The van der Waals surface area contributed by atoms with Gasteiger partial charge in [-0.3, -0.25) is 9.59 Å². The van der Waals surface area contributed by atoms with Gasteiger partial charge in [-0.05, 0) is 54.7 Å². The van der Waals surface area contributed by atoms with Crippen LogP contribution in [0.2, 0.25) is 0 Å². The van der Waals surface area contributed by atoms with E-state index in [1.54, 1.807) is 20.3 Å². The Morgan fingerprint density at radius 2 is 1.74 bits per heavy atom. The Morgan fingerprint density at radius 3 is 2.44 bits per heavy atom. The molecule has 0 bridgehead atoms. The van der Waals surface area contributed by atoms with Gasteiger partial charge in [-0.2, -0.15) is 0 Å². The van der Waals surface area contributed by atoms with E-state index in [0.717, 1.165) is 35.8 Å². The van der Waals surface area contributed by atoms with Crippen LogP contribution in [0.5, 0.6) is 23.0 Å². The van der Waals surface area contributed by atoms with Gasteiger partial charge >= 0.3 is 0 Å². The van der Waals surface area contributed by atoms with Crippen LogP contribution in [0, 0.1) is 5.92 Å². The number of nitrogens with zero attached hydrogens (tertiary/aromatic N) is 1. The number of pyridine rings is 1. The first-order valence-corrected chi connectivity index (χ1v) is 11.6. The Labute approximate surface area is 196 Å². The van der Waals surface area contributed by atoms with Gasteiger partial charge in [0.2, 0.25) is 12.7 Å². The van der Waals surface area contributed by atoms with Crippen LogP contribution < -0.4 is 24.5 Å². The Kier molecular flexibility index (Phi) is 4.90. The van der Waals surface area contributed by atoms with E-state index in [4.69, 9.17) is 18.9 Å². The fourth-order valence-electron chi connectivity index (χ4n) is 5.22. The second-order valence-corrected chi connectivity index (χ2v) is 9.06. The molecule has 2 aromatic carbocycles. The van der Waals surface area contributed by atoms with Gasteiger partial charge in [-0.15, -0.1) is 0 Å². The van der Waals surface area contributed by atoms with Crippen molar-refractivity contribution in [1.82, 2.24) is 9.88 Å². The topological polar surface area (TPSA) is 90.1 Å². The Hall–Kier alpha value is -3.68. The van der Waals surface area contributed by atoms with Crippen molar-refractivity contribution < 1.29 is 23.7 Å². The van der Waals surface area contributed by atoms with E-state index < -0.39 is 6.04 Å². The molecule has 0 saturated heterocycles. The van der Waals surface area contributed by atoms with Crippen molar-refractivity contribution in [3.05, 3.63) is 57.4 Å². The van der Waals surface area contributed by atoms with Gasteiger partial charge in [0.05, 0.1) is 25.8 Å². The summed E-state index contributed by atoms with van der Waals surface area (Å²) in [6.45, 7) is 0.700. The molecule has 0 unspecified atom stereocenters. The largest absolute Gasteiger partial charge is 0.493 e. The molecule has 1 fully saturated rings. The molecular weight excluding hydrogens is 436 g/mol. The molecule has 3 aliphatic rings. The fraction of sp³-hybridized carbons (Fsp3) is 0.385. The zero-order valence-electron chi connectivity index (χ0n) is 19.2. The summed E-state index contributed by atoms with van der Waals surface area (Å²) in [5.74, 6) is 2.60. The van der Waals surface area contributed by atoms with Crippen LogP contribution in [0.3, 0.4) is 0 Å². The summed E-state index contributed by atoms with van der Waals surface area (Å²) in [6, 6.07) is 8.86. The number of fused-ring (bicyclic) bond motifs is 3. The molecule has 1 N–H and O–H groups in total. The average Bonchev–Trinajstić information content (AvgIpc) is 3.26. The third-order valence-electron chi connectivity index (χ3n) is 7.27. The predicted octanol–water partition coefficient (Wildman–Crippen LogP) is 3.55. The van der Waals surface area contributed by atoms with Gasteiger partial charge in [0.15, 0.2) is 23.0 Å². The van der Waals surface area contributed by atoms with E-state index in [9.17, 15) is 9.59 Å². The molecule has 3 heterocycles. The molecule has 1 atom stereocenters. The number of methoxy groups -OCH3 is 2. The third kappa shape index (κ3) is 3.20. The highest BCUT2D eigenvalue weighted by Gasteiger charge is 2.39. The molecule has 1 saturated carbocycles. The lowest BCUT2D eigenvalue weighted by atomic mass is 9.81. The van der Waals surface area contributed by atoms with Crippen molar-refractivity contribution in [1.29, 1.82) is 0 Å². The first-order valence-electron chi connectivity index (χ1n) is 11.6. The molecule has 6 rings (SSSR count). The number of benzene rings is 2. The molecule has 176 valence electrons. The highest BCUT2D eigenvalue weighted by atomic mass is 16.7. The van der Waals surface area contributed by atoms with Crippen LogP contribution in [0.4, 0.5) is 0 Å². The summed E-state index contributed by atoms with van der Waals surface area (Å²) < 4.78 is 22.1. The number of nitrogens with one attached hydrogen (secondary N) is 1. The van der Waals surface area contributed by atoms with Gasteiger partial charge in [-0.1, -0.05) is 6.42 Å². The normalized spacial score (nSPS) is 19.0. The molecule has 8 heteroatoms. The minimum absolute atomic E-state index is 0.0255. The van der Waals surface area contributed by atoms with Crippen molar-refractivity contribution in [2.45, 2.75) is 31.7 Å². The van der Waals surface area contributed by atoms with E-state index in [2.05, 4.69) is 4.98 Å². The molecule has 34 heavy (non-hydrogen) atoms. The number of ether oxygens (including phenoxy) is 4. The fourth-order valence-corrected chi connectivity index (χ4v) is 5.22. The van der Waals surface area contributed by atoms with Crippen molar-refractivity contribution in [3.63, 3.8) is 0 Å². The smallest absolute Gasteiger partial charge is 0.254 e. The standard InChI is InChI=1S/C26H26N2O6/c1-31-20-9-15-6-7-28(26(30)14-4-3-5-14)24(17(15)11-21(20)32-2)18-8-16-10-22-23(34-13-33-22)12-19(16)27-25(18)29/h8-12,14,24H,3-7,13H2,1-2H3,(H,27,29)/t24-/m1/s1. The maximum Gasteiger partial charge on any atom is 0.254 e. The van der Waals surface area contributed by atoms with Crippen LogP contribution in [0.1, 0.15) is 42.0 Å². The molecule has 0 radical (unpaired) electrons. The molecule has 0 spiro atoms. The summed E-state index contributed by atoms with van der Waals surface area (Å²) in [7, 11) is 3.19. The summed E-state index contributed by atoms with van der Waals surface area (Å²) in [5, 5.41) is 0.822. The van der Waals surface area contributed by atoms with Crippen molar-refractivity contribution >= 4 is 16.8 Å². The first kappa shape index (κ1) is 20.9. The number of carbonyl (C=O) groups is 1. The van der Waals surface area contributed by atoms with E-state index in [-0.39, 0.29) is 24.2 Å². The highest BCUT2D eigenvalue weighted by Crippen LogP contribution is 2.43. The van der Waals surface area contributed by atoms with Crippen LogP contribution in [-0.2, 0) is 11.2 Å². The monoisotopic (exact) mass is 462 g/mol. The minimum Gasteiger partial charge on any atom is -0.493 e. The maximum atomic E-state index is 13.5. The second kappa shape index (κ2) is 7.97. The van der Waals surface area contributed by atoms with E-state index in [0.29, 0.717) is 47.0 Å². The maximum absolute atomic E-state index is 13.5. The summed E-state index contributed by atoms with van der Waals surface area (Å²) in [5.41, 5.74) is 2.89. The Bertz CT molecular complexity index is 1360. The van der Waals surface area contributed by atoms with Crippen LogP contribution >= 0.6 is 0 Å². The molecule has 3 aromatic rings. The van der Waals surface area contributed by atoms with E-state index in [1.807, 2.05) is 29.2 Å². The minimum atomic E-state index is -0.518. The molecule has 2 aliphatic heterocycles. The summed E-state index contributed by atoms with van der Waals surface area (Å²) in [6.07, 6.45) is 3.56. The lowest BCUT2D eigenvalue weighted by Crippen LogP contribution is -2.46. The lowest BCUT2D eigenvalue weighted by Gasteiger charge is -2.41. The van der Waals surface area contributed by atoms with Gasteiger partial charge < -0.3 is 28.8 Å². The van der Waals surface area contributed by atoms with E-state index >= 15 is 0 Å². The number of aromatic nitrogens is 1. The SMILES string of the molecule is COc1cc2c(cc1OC)[C@H](c1cc3cc4c(cc3[nH]c1=O)OCO4)N(C(=O)C1CCC1)CC2. The second-order valence-electron chi connectivity index (χ2n) is 9.06. The summed E-state index contributed by atoms with van der Waals surface area (Å²) >= 11 is 0. The number of H-pyrrole nitrogens is 1. The average molecular weight is 463 g/mol. The van der Waals surface area contributed by atoms with Crippen LogP contribution in [-0.4, -0.2) is 43.3 Å². The zero-order chi connectivity index (χ0) is 23.4. The van der Waals surface area contributed by atoms with Crippen molar-refractivity contribution in [3.8, 4) is 23.0 Å². The van der Waals surface area contributed by atoms with Crippen LogP contribution in [0.25, 0.3) is 10.9 Å². The van der Waals surface area contributed by atoms with Crippen molar-refractivity contribution in [2.75, 3.05) is 27.6 Å². The molecule has 1 amide bonds. The molecule has 1 aromatic heterocycles. The number of rotatable bonds is 4. The Balaban J connectivity index is 1.54. The number of aromatic amines is 1. The van der Waals surface area contributed by atoms with Crippen molar-refractivity contribution in [2.24, 2.45) is 5.92 Å². The predicted molar refractivity (Wildman–Crippen MR) is 125 cm³/mol. The number of hydrogen-bond acceptors (Lipinski definition) is 6. The quantitative estimate of drug-likeness (QED) is 0.638. The highest BCUT2D eigenvalue weighted by molar-refractivity contribution is 5.84. The summed E-state index contributed by atoms with van der Waals surface area (Å²) in [4.78, 5) is 31.8. The Morgan fingerprint density at radius 1 is 1.00 bits per heavy atom. The lowest BCUT2D eigenvalue weighted by molar-refractivity contribution is -0.140. The number of carbonyl (C=O) groups excluding carboxylic acids is 1.